The summed E-state index contributed by atoms with van der Waals surface area (Å²) in [4.78, 5) is 13.0. The van der Waals surface area contributed by atoms with Gasteiger partial charge in [0.25, 0.3) is 5.91 Å². The molecule has 0 radical (unpaired) electrons. The number of benzene rings is 2. The van der Waals surface area contributed by atoms with E-state index in [0.717, 1.165) is 21.2 Å². The SMILES string of the molecule is Cc1cc(B(O)O)ccc1CNC(=O)c1cc2ccccc2s1. The first kappa shape index (κ1) is 15.7. The maximum Gasteiger partial charge on any atom is 0.488 e. The highest BCUT2D eigenvalue weighted by molar-refractivity contribution is 7.20. The van der Waals surface area contributed by atoms with Crippen LogP contribution < -0.4 is 10.8 Å². The van der Waals surface area contributed by atoms with Crippen molar-refractivity contribution < 1.29 is 14.8 Å². The Kier molecular flexibility index (Phi) is 4.47. The molecule has 0 fully saturated rings. The van der Waals surface area contributed by atoms with Gasteiger partial charge in [0.1, 0.15) is 0 Å². The number of hydrogen-bond acceptors (Lipinski definition) is 4. The molecular formula is C17H16BNO3S. The van der Waals surface area contributed by atoms with E-state index in [1.54, 1.807) is 18.2 Å². The molecular weight excluding hydrogens is 309 g/mol. The summed E-state index contributed by atoms with van der Waals surface area (Å²) in [6.07, 6.45) is 0. The molecule has 1 heterocycles. The smallest absolute Gasteiger partial charge is 0.423 e. The normalized spacial score (nSPS) is 10.7. The number of hydrogen-bond donors (Lipinski definition) is 3. The second-order valence-electron chi connectivity index (χ2n) is 5.39. The van der Waals surface area contributed by atoms with Gasteiger partial charge < -0.3 is 15.4 Å². The average molecular weight is 325 g/mol. The molecule has 0 spiro atoms. The summed E-state index contributed by atoms with van der Waals surface area (Å²) < 4.78 is 1.09. The van der Waals surface area contributed by atoms with Gasteiger partial charge >= 0.3 is 7.12 Å². The van der Waals surface area contributed by atoms with E-state index in [4.69, 9.17) is 10.0 Å². The number of aryl methyl sites for hydroxylation is 1. The van der Waals surface area contributed by atoms with Gasteiger partial charge in [0.05, 0.1) is 4.88 Å². The molecule has 1 amide bonds. The van der Waals surface area contributed by atoms with Crippen molar-refractivity contribution in [1.82, 2.24) is 5.32 Å². The fourth-order valence-electron chi connectivity index (χ4n) is 2.43. The summed E-state index contributed by atoms with van der Waals surface area (Å²) in [6, 6.07) is 15.0. The van der Waals surface area contributed by atoms with Crippen molar-refractivity contribution >= 4 is 39.9 Å². The van der Waals surface area contributed by atoms with Gasteiger partial charge in [-0.05, 0) is 41.0 Å². The third kappa shape index (κ3) is 3.45. The predicted molar refractivity (Wildman–Crippen MR) is 94.0 cm³/mol. The van der Waals surface area contributed by atoms with Crippen molar-refractivity contribution in [2.45, 2.75) is 13.5 Å². The maximum atomic E-state index is 12.3. The Bertz CT molecular complexity index is 827. The second-order valence-corrected chi connectivity index (χ2v) is 6.47. The van der Waals surface area contributed by atoms with E-state index in [1.807, 2.05) is 37.3 Å². The van der Waals surface area contributed by atoms with Gasteiger partial charge in [-0.25, -0.2) is 0 Å². The van der Waals surface area contributed by atoms with Crippen molar-refractivity contribution in [2.75, 3.05) is 0 Å². The van der Waals surface area contributed by atoms with E-state index in [2.05, 4.69) is 5.32 Å². The van der Waals surface area contributed by atoms with Gasteiger partial charge in [0.2, 0.25) is 0 Å². The minimum atomic E-state index is -1.48. The number of carbonyl (C=O) groups excluding carboxylic acids is 1. The molecule has 23 heavy (non-hydrogen) atoms. The highest BCUT2D eigenvalue weighted by atomic mass is 32.1. The van der Waals surface area contributed by atoms with Crippen molar-refractivity contribution in [3.05, 3.63) is 64.5 Å². The highest BCUT2D eigenvalue weighted by Crippen LogP contribution is 2.25. The Hall–Kier alpha value is -2.15. The lowest BCUT2D eigenvalue weighted by Gasteiger charge is -2.09. The summed E-state index contributed by atoms with van der Waals surface area (Å²) in [5.41, 5.74) is 2.30. The Morgan fingerprint density at radius 1 is 1.17 bits per heavy atom. The molecule has 0 aliphatic heterocycles. The molecule has 0 saturated heterocycles. The van der Waals surface area contributed by atoms with Gasteiger partial charge in [-0.2, -0.15) is 0 Å². The van der Waals surface area contributed by atoms with Gasteiger partial charge in [-0.15, -0.1) is 11.3 Å². The second kappa shape index (κ2) is 6.54. The van der Waals surface area contributed by atoms with Gasteiger partial charge in [0, 0.05) is 11.2 Å². The minimum absolute atomic E-state index is 0.100. The summed E-state index contributed by atoms with van der Waals surface area (Å²) in [5, 5.41) is 22.3. The third-order valence-electron chi connectivity index (χ3n) is 3.75. The zero-order chi connectivity index (χ0) is 16.4. The predicted octanol–water partition coefficient (Wildman–Crippen LogP) is 1.82. The quantitative estimate of drug-likeness (QED) is 0.641. The maximum absolute atomic E-state index is 12.3. The number of rotatable bonds is 4. The largest absolute Gasteiger partial charge is 0.488 e. The van der Waals surface area contributed by atoms with Crippen LogP contribution in [0.4, 0.5) is 0 Å². The van der Waals surface area contributed by atoms with Crippen LogP contribution in [0, 0.1) is 6.92 Å². The van der Waals surface area contributed by atoms with Gasteiger partial charge in [-0.3, -0.25) is 4.79 Å². The molecule has 0 aliphatic carbocycles. The Morgan fingerprint density at radius 2 is 1.96 bits per heavy atom. The molecule has 6 heteroatoms. The van der Waals surface area contributed by atoms with E-state index in [0.29, 0.717) is 16.9 Å². The molecule has 0 aliphatic rings. The molecule has 0 unspecified atom stereocenters. The van der Waals surface area contributed by atoms with Crippen LogP contribution in [-0.4, -0.2) is 23.1 Å². The summed E-state index contributed by atoms with van der Waals surface area (Å²) in [5.74, 6) is -0.100. The van der Waals surface area contributed by atoms with Crippen molar-refractivity contribution in [1.29, 1.82) is 0 Å². The number of fused-ring (bicyclic) bond motifs is 1. The van der Waals surface area contributed by atoms with Crippen LogP contribution >= 0.6 is 11.3 Å². The third-order valence-corrected chi connectivity index (χ3v) is 4.87. The van der Waals surface area contributed by atoms with E-state index in [-0.39, 0.29) is 5.91 Å². The fraction of sp³-hybridized carbons (Fsp3) is 0.118. The first-order valence-corrected chi connectivity index (χ1v) is 8.08. The lowest BCUT2D eigenvalue weighted by atomic mass is 9.79. The summed E-state index contributed by atoms with van der Waals surface area (Å²) in [6.45, 7) is 2.29. The van der Waals surface area contributed by atoms with Gasteiger partial charge in [-0.1, -0.05) is 36.4 Å². The number of carbonyl (C=O) groups is 1. The van der Waals surface area contributed by atoms with Crippen LogP contribution in [0.25, 0.3) is 10.1 Å². The van der Waals surface area contributed by atoms with E-state index in [1.165, 1.54) is 11.3 Å². The molecule has 1 aromatic heterocycles. The molecule has 0 saturated carbocycles. The van der Waals surface area contributed by atoms with Crippen LogP contribution in [0.5, 0.6) is 0 Å². The molecule has 0 bridgehead atoms. The zero-order valence-corrected chi connectivity index (χ0v) is 13.4. The topological polar surface area (TPSA) is 69.6 Å². The minimum Gasteiger partial charge on any atom is -0.423 e. The monoisotopic (exact) mass is 325 g/mol. The molecule has 3 rings (SSSR count). The van der Waals surface area contributed by atoms with Gasteiger partial charge in [0.15, 0.2) is 0 Å². The van der Waals surface area contributed by atoms with Crippen molar-refractivity contribution in [3.63, 3.8) is 0 Å². The highest BCUT2D eigenvalue weighted by Gasteiger charge is 2.13. The summed E-state index contributed by atoms with van der Waals surface area (Å²) >= 11 is 1.47. The average Bonchev–Trinajstić information content (AvgIpc) is 2.97. The molecule has 4 nitrogen and oxygen atoms in total. The van der Waals surface area contributed by atoms with Crippen molar-refractivity contribution in [2.24, 2.45) is 0 Å². The van der Waals surface area contributed by atoms with Crippen molar-refractivity contribution in [3.8, 4) is 0 Å². The molecule has 116 valence electrons. The molecule has 3 aromatic rings. The van der Waals surface area contributed by atoms with E-state index < -0.39 is 7.12 Å². The first-order valence-electron chi connectivity index (χ1n) is 7.27. The first-order chi connectivity index (χ1) is 11.0. The lowest BCUT2D eigenvalue weighted by Crippen LogP contribution is -2.30. The standard InChI is InChI=1S/C17H16BNO3S/c1-11-8-14(18(21)22)7-6-13(11)10-19-17(20)16-9-12-4-2-3-5-15(12)23-16/h2-9,21-22H,10H2,1H3,(H,19,20). The van der Waals surface area contributed by atoms with Crippen LogP contribution in [0.3, 0.4) is 0 Å². The van der Waals surface area contributed by atoms with Crippen LogP contribution in [0.15, 0.2) is 48.5 Å². The Balaban J connectivity index is 1.71. The number of nitrogens with one attached hydrogen (secondary N) is 1. The van der Waals surface area contributed by atoms with Crippen LogP contribution in [0.1, 0.15) is 20.8 Å². The number of thiophene rings is 1. The number of amides is 1. The molecule has 3 N–H and O–H groups in total. The fourth-order valence-corrected chi connectivity index (χ4v) is 3.41. The zero-order valence-electron chi connectivity index (χ0n) is 12.6. The Labute approximate surface area is 138 Å². The lowest BCUT2D eigenvalue weighted by molar-refractivity contribution is 0.0955. The van der Waals surface area contributed by atoms with Crippen LogP contribution in [0.2, 0.25) is 0 Å². The molecule has 2 aromatic carbocycles. The summed E-state index contributed by atoms with van der Waals surface area (Å²) in [7, 11) is -1.48. The Morgan fingerprint density at radius 3 is 2.65 bits per heavy atom. The van der Waals surface area contributed by atoms with E-state index in [9.17, 15) is 4.79 Å². The van der Waals surface area contributed by atoms with E-state index >= 15 is 0 Å². The molecule has 0 atom stereocenters. The van der Waals surface area contributed by atoms with Crippen LogP contribution in [-0.2, 0) is 6.54 Å².